The Balaban J connectivity index is 2.32. The van der Waals surface area contributed by atoms with E-state index in [1.807, 2.05) is 0 Å². The van der Waals surface area contributed by atoms with E-state index in [9.17, 15) is 0 Å². The fourth-order valence-corrected chi connectivity index (χ4v) is 1.84. The van der Waals surface area contributed by atoms with Gasteiger partial charge in [-0.3, -0.25) is 0 Å². The Hall–Kier alpha value is -0.950. The zero-order valence-corrected chi connectivity index (χ0v) is 9.00. The summed E-state index contributed by atoms with van der Waals surface area (Å²) in [6.45, 7) is 0. The normalized spacial score (nSPS) is 10.6. The van der Waals surface area contributed by atoms with Crippen LogP contribution in [0.2, 0.25) is 0 Å². The fraction of sp³-hybridized carbons (Fsp3) is 0.231. The molecule has 0 spiro atoms. The maximum absolute atomic E-state index is 4.22. The molecular formula is C13H14S. The van der Waals surface area contributed by atoms with Gasteiger partial charge < -0.3 is 0 Å². The van der Waals surface area contributed by atoms with E-state index in [0.29, 0.717) is 0 Å². The van der Waals surface area contributed by atoms with Gasteiger partial charge in [0.2, 0.25) is 0 Å². The molecule has 0 aliphatic heterocycles. The zero-order valence-electron chi connectivity index (χ0n) is 8.11. The molecule has 0 saturated heterocycles. The monoisotopic (exact) mass is 202 g/mol. The molecular weight excluding hydrogens is 188 g/mol. The molecule has 0 unspecified atom stereocenters. The van der Waals surface area contributed by atoms with Gasteiger partial charge in [0.15, 0.2) is 0 Å². The van der Waals surface area contributed by atoms with Gasteiger partial charge in [0.25, 0.3) is 0 Å². The van der Waals surface area contributed by atoms with Crippen LogP contribution in [-0.2, 0) is 6.42 Å². The Labute approximate surface area is 90.4 Å². The topological polar surface area (TPSA) is 0 Å². The molecule has 0 N–H and O–H groups in total. The lowest BCUT2D eigenvalue weighted by Crippen LogP contribution is -1.86. The highest BCUT2D eigenvalue weighted by molar-refractivity contribution is 7.80. The molecule has 0 heterocycles. The molecule has 2 aromatic rings. The van der Waals surface area contributed by atoms with Crippen LogP contribution in [0, 0.1) is 0 Å². The predicted octanol–water partition coefficient (Wildman–Crippen LogP) is 3.70. The second-order valence-electron chi connectivity index (χ2n) is 3.51. The van der Waals surface area contributed by atoms with Gasteiger partial charge in [-0.1, -0.05) is 42.5 Å². The maximum atomic E-state index is 4.22. The van der Waals surface area contributed by atoms with Crippen molar-refractivity contribution in [3.05, 3.63) is 48.0 Å². The molecule has 2 rings (SSSR count). The number of benzene rings is 2. The predicted molar refractivity (Wildman–Crippen MR) is 66.1 cm³/mol. The van der Waals surface area contributed by atoms with Crippen molar-refractivity contribution >= 4 is 23.4 Å². The van der Waals surface area contributed by atoms with Crippen molar-refractivity contribution in [2.75, 3.05) is 5.75 Å². The van der Waals surface area contributed by atoms with E-state index in [1.54, 1.807) is 0 Å². The average molecular weight is 202 g/mol. The highest BCUT2D eigenvalue weighted by Gasteiger charge is 1.95. The van der Waals surface area contributed by atoms with Crippen molar-refractivity contribution in [3.63, 3.8) is 0 Å². The van der Waals surface area contributed by atoms with Crippen molar-refractivity contribution in [1.82, 2.24) is 0 Å². The van der Waals surface area contributed by atoms with Crippen LogP contribution in [0.4, 0.5) is 0 Å². The van der Waals surface area contributed by atoms with Crippen LogP contribution in [0.3, 0.4) is 0 Å². The number of aryl methyl sites for hydroxylation is 1. The molecule has 72 valence electrons. The summed E-state index contributed by atoms with van der Waals surface area (Å²) in [6, 6.07) is 15.2. The number of hydrogen-bond acceptors (Lipinski definition) is 1. The van der Waals surface area contributed by atoms with E-state index in [0.717, 1.165) is 18.6 Å². The molecule has 0 radical (unpaired) electrons. The summed E-state index contributed by atoms with van der Waals surface area (Å²) in [5.41, 5.74) is 1.41. The first-order valence-electron chi connectivity index (χ1n) is 4.99. The van der Waals surface area contributed by atoms with E-state index in [-0.39, 0.29) is 0 Å². The number of thiol groups is 1. The molecule has 0 bridgehead atoms. The summed E-state index contributed by atoms with van der Waals surface area (Å²) in [5, 5.41) is 2.66. The van der Waals surface area contributed by atoms with Gasteiger partial charge in [-0.25, -0.2) is 0 Å². The minimum atomic E-state index is 0.965. The summed E-state index contributed by atoms with van der Waals surface area (Å²) in [6.07, 6.45) is 2.29. The Morgan fingerprint density at radius 1 is 0.929 bits per heavy atom. The van der Waals surface area contributed by atoms with Gasteiger partial charge in [0.05, 0.1) is 0 Å². The lowest BCUT2D eigenvalue weighted by Gasteiger charge is -2.02. The second-order valence-corrected chi connectivity index (χ2v) is 3.96. The van der Waals surface area contributed by atoms with Crippen molar-refractivity contribution in [2.24, 2.45) is 0 Å². The van der Waals surface area contributed by atoms with Crippen LogP contribution < -0.4 is 0 Å². The lowest BCUT2D eigenvalue weighted by atomic mass is 10.0. The summed E-state index contributed by atoms with van der Waals surface area (Å²) >= 11 is 4.22. The third-order valence-corrected chi connectivity index (χ3v) is 2.75. The lowest BCUT2D eigenvalue weighted by molar-refractivity contribution is 0.938. The van der Waals surface area contributed by atoms with E-state index in [2.05, 4.69) is 55.1 Å². The number of rotatable bonds is 3. The number of fused-ring (bicyclic) bond motifs is 1. The van der Waals surface area contributed by atoms with E-state index < -0.39 is 0 Å². The van der Waals surface area contributed by atoms with Crippen LogP contribution in [0.15, 0.2) is 42.5 Å². The molecule has 1 heteroatoms. The largest absolute Gasteiger partial charge is 0.179 e. The quantitative estimate of drug-likeness (QED) is 0.721. The fourth-order valence-electron chi connectivity index (χ4n) is 1.68. The van der Waals surface area contributed by atoms with Crippen LogP contribution in [0.5, 0.6) is 0 Å². The first-order valence-corrected chi connectivity index (χ1v) is 5.62. The van der Waals surface area contributed by atoms with Crippen LogP contribution in [0.25, 0.3) is 10.8 Å². The van der Waals surface area contributed by atoms with Gasteiger partial charge in [0.1, 0.15) is 0 Å². The van der Waals surface area contributed by atoms with Gasteiger partial charge in [-0.2, -0.15) is 12.6 Å². The number of hydrogen-bond donors (Lipinski definition) is 1. The molecule has 2 aromatic carbocycles. The molecule has 0 aromatic heterocycles. The Kier molecular flexibility index (Phi) is 3.10. The molecule has 14 heavy (non-hydrogen) atoms. The Morgan fingerprint density at radius 2 is 1.71 bits per heavy atom. The molecule has 0 aliphatic carbocycles. The standard InChI is InChI=1S/C13H14S/c14-9-3-4-11-7-8-12-5-1-2-6-13(12)10-11/h1-2,5-8,10,14H,3-4,9H2. The molecule has 0 fully saturated rings. The highest BCUT2D eigenvalue weighted by Crippen LogP contribution is 2.16. The van der Waals surface area contributed by atoms with E-state index in [1.165, 1.54) is 16.3 Å². The third kappa shape index (κ3) is 2.10. The van der Waals surface area contributed by atoms with Crippen molar-refractivity contribution in [1.29, 1.82) is 0 Å². The first-order chi connectivity index (χ1) is 6.90. The zero-order chi connectivity index (χ0) is 9.80. The van der Waals surface area contributed by atoms with Gasteiger partial charge >= 0.3 is 0 Å². The smallest absolute Gasteiger partial charge is 0.00947 e. The summed E-state index contributed by atoms with van der Waals surface area (Å²) in [4.78, 5) is 0. The molecule has 0 amide bonds. The van der Waals surface area contributed by atoms with Crippen molar-refractivity contribution < 1.29 is 0 Å². The Morgan fingerprint density at radius 3 is 2.50 bits per heavy atom. The van der Waals surface area contributed by atoms with Gasteiger partial charge in [-0.05, 0) is 34.9 Å². The van der Waals surface area contributed by atoms with Gasteiger partial charge in [-0.15, -0.1) is 0 Å². The van der Waals surface area contributed by atoms with Crippen LogP contribution in [-0.4, -0.2) is 5.75 Å². The van der Waals surface area contributed by atoms with Crippen LogP contribution in [0.1, 0.15) is 12.0 Å². The second kappa shape index (κ2) is 4.52. The minimum absolute atomic E-state index is 0.965. The van der Waals surface area contributed by atoms with E-state index >= 15 is 0 Å². The minimum Gasteiger partial charge on any atom is -0.179 e. The van der Waals surface area contributed by atoms with E-state index in [4.69, 9.17) is 0 Å². The molecule has 0 aliphatic rings. The average Bonchev–Trinajstić information content (AvgIpc) is 2.26. The van der Waals surface area contributed by atoms with Gasteiger partial charge in [0, 0.05) is 0 Å². The third-order valence-electron chi connectivity index (χ3n) is 2.44. The molecule has 0 atom stereocenters. The molecule has 0 saturated carbocycles. The maximum Gasteiger partial charge on any atom is -0.00947 e. The summed E-state index contributed by atoms with van der Waals surface area (Å²) in [5.74, 6) is 0.965. The summed E-state index contributed by atoms with van der Waals surface area (Å²) in [7, 11) is 0. The van der Waals surface area contributed by atoms with Crippen molar-refractivity contribution in [3.8, 4) is 0 Å². The Bertz CT molecular complexity index is 420. The highest BCUT2D eigenvalue weighted by atomic mass is 32.1. The van der Waals surface area contributed by atoms with Crippen LogP contribution >= 0.6 is 12.6 Å². The van der Waals surface area contributed by atoms with Crippen molar-refractivity contribution in [2.45, 2.75) is 12.8 Å². The first kappa shape index (κ1) is 9.60. The summed E-state index contributed by atoms with van der Waals surface area (Å²) < 4.78 is 0. The SMILES string of the molecule is SCCCc1ccc2ccccc2c1. The molecule has 0 nitrogen and oxygen atoms in total.